The Morgan fingerprint density at radius 1 is 1.00 bits per heavy atom. The van der Waals surface area contributed by atoms with Crippen molar-refractivity contribution in [3.63, 3.8) is 0 Å². The van der Waals surface area contributed by atoms with E-state index in [0.717, 1.165) is 21.7 Å². The predicted molar refractivity (Wildman–Crippen MR) is 79.5 cm³/mol. The number of aliphatic hydroxyl groups excluding tert-OH is 1. The van der Waals surface area contributed by atoms with Crippen LogP contribution < -0.4 is 5.01 Å². The zero-order valence-electron chi connectivity index (χ0n) is 10.7. The van der Waals surface area contributed by atoms with Crippen molar-refractivity contribution in [2.45, 2.75) is 0 Å². The largest absolute Gasteiger partial charge is 0.394 e. The molecule has 2 aromatic carbocycles. The molecule has 1 heterocycles. The minimum absolute atomic E-state index is 0.124. The Kier molecular flexibility index (Phi) is 3.26. The van der Waals surface area contributed by atoms with E-state index in [-0.39, 0.29) is 13.2 Å². The molecule has 100 valence electrons. The lowest BCUT2D eigenvalue weighted by Crippen LogP contribution is -2.21. The first-order valence-electron chi connectivity index (χ1n) is 6.34. The van der Waals surface area contributed by atoms with Crippen LogP contribution in [0.25, 0.3) is 21.7 Å². The van der Waals surface area contributed by atoms with Gasteiger partial charge in [-0.15, -0.1) is 4.91 Å². The molecule has 20 heavy (non-hydrogen) atoms. The maximum Gasteiger partial charge on any atom is 0.160 e. The first-order valence-corrected chi connectivity index (χ1v) is 6.34. The van der Waals surface area contributed by atoms with Crippen LogP contribution in [0.5, 0.6) is 0 Å². The summed E-state index contributed by atoms with van der Waals surface area (Å²) in [5, 5.41) is 16.1. The van der Waals surface area contributed by atoms with Crippen LogP contribution >= 0.6 is 0 Å². The number of benzene rings is 2. The number of aromatic nitrogens is 1. The van der Waals surface area contributed by atoms with Gasteiger partial charge in [-0.05, 0) is 11.5 Å². The van der Waals surface area contributed by atoms with E-state index in [0.29, 0.717) is 5.82 Å². The Morgan fingerprint density at radius 3 is 2.35 bits per heavy atom. The van der Waals surface area contributed by atoms with Gasteiger partial charge in [0, 0.05) is 10.8 Å². The highest BCUT2D eigenvalue weighted by Crippen LogP contribution is 2.31. The number of hydrogen-bond donors (Lipinski definition) is 1. The summed E-state index contributed by atoms with van der Waals surface area (Å²) in [7, 11) is 0. The third-order valence-electron chi connectivity index (χ3n) is 3.24. The number of pyridine rings is 1. The molecule has 0 radical (unpaired) electrons. The van der Waals surface area contributed by atoms with Crippen LogP contribution in [0.2, 0.25) is 0 Å². The monoisotopic (exact) mass is 267 g/mol. The Labute approximate surface area is 115 Å². The summed E-state index contributed by atoms with van der Waals surface area (Å²) in [5.41, 5.74) is 0.799. The van der Waals surface area contributed by atoms with Crippen LogP contribution in [-0.2, 0) is 0 Å². The van der Waals surface area contributed by atoms with Gasteiger partial charge in [-0.2, -0.15) is 0 Å². The van der Waals surface area contributed by atoms with Crippen LogP contribution in [0.1, 0.15) is 0 Å². The van der Waals surface area contributed by atoms with Crippen LogP contribution in [0, 0.1) is 4.91 Å². The molecule has 0 aliphatic carbocycles. The fourth-order valence-corrected chi connectivity index (χ4v) is 2.36. The average Bonchev–Trinajstić information content (AvgIpc) is 2.52. The SMILES string of the molecule is O=NN(CCO)c1nc2ccccc2c2ccccc12. The maximum absolute atomic E-state index is 11.0. The molecule has 0 amide bonds. The number of nitroso groups, excluding NO2 is 1. The van der Waals surface area contributed by atoms with Gasteiger partial charge < -0.3 is 5.11 Å². The van der Waals surface area contributed by atoms with E-state index in [2.05, 4.69) is 10.3 Å². The molecule has 1 N–H and O–H groups in total. The van der Waals surface area contributed by atoms with E-state index in [1.54, 1.807) is 0 Å². The molecule has 0 spiro atoms. The fraction of sp³-hybridized carbons (Fsp3) is 0.133. The first kappa shape index (κ1) is 12.5. The van der Waals surface area contributed by atoms with Gasteiger partial charge in [0.15, 0.2) is 5.82 Å². The number of hydrogen-bond acceptors (Lipinski definition) is 4. The first-order chi connectivity index (χ1) is 9.85. The van der Waals surface area contributed by atoms with Crippen LogP contribution in [0.3, 0.4) is 0 Å². The summed E-state index contributed by atoms with van der Waals surface area (Å²) in [4.78, 5) is 15.5. The number of rotatable bonds is 4. The molecule has 1 aromatic heterocycles. The molecule has 0 unspecified atom stereocenters. The fourth-order valence-electron chi connectivity index (χ4n) is 2.36. The van der Waals surface area contributed by atoms with Crippen LogP contribution in [0.4, 0.5) is 5.82 Å². The van der Waals surface area contributed by atoms with Crippen LogP contribution in [-0.4, -0.2) is 23.2 Å². The summed E-state index contributed by atoms with van der Waals surface area (Å²) in [6, 6.07) is 15.5. The molecule has 5 nitrogen and oxygen atoms in total. The molecule has 3 aromatic rings. The lowest BCUT2D eigenvalue weighted by atomic mass is 10.1. The number of nitrogens with zero attached hydrogens (tertiary/aromatic N) is 3. The van der Waals surface area contributed by atoms with Crippen LogP contribution in [0.15, 0.2) is 53.8 Å². The molecule has 0 bridgehead atoms. The maximum atomic E-state index is 11.0. The summed E-state index contributed by atoms with van der Waals surface area (Å²) in [5.74, 6) is 0.475. The smallest absolute Gasteiger partial charge is 0.160 e. The van der Waals surface area contributed by atoms with Gasteiger partial charge in [0.1, 0.15) is 0 Å². The van der Waals surface area contributed by atoms with Crippen molar-refractivity contribution in [2.24, 2.45) is 5.29 Å². The van der Waals surface area contributed by atoms with Gasteiger partial charge in [0.05, 0.1) is 24.0 Å². The number of anilines is 1. The number of fused-ring (bicyclic) bond motifs is 3. The van der Waals surface area contributed by atoms with Gasteiger partial charge in [0.25, 0.3) is 0 Å². The number of para-hydroxylation sites is 1. The molecule has 0 saturated carbocycles. The van der Waals surface area contributed by atoms with Crippen molar-refractivity contribution in [3.05, 3.63) is 53.4 Å². The average molecular weight is 267 g/mol. The zero-order chi connectivity index (χ0) is 13.9. The van der Waals surface area contributed by atoms with Gasteiger partial charge in [0.2, 0.25) is 0 Å². The van der Waals surface area contributed by atoms with E-state index in [9.17, 15) is 4.91 Å². The normalized spacial score (nSPS) is 10.8. The summed E-state index contributed by atoms with van der Waals surface area (Å²) < 4.78 is 0. The van der Waals surface area contributed by atoms with Crippen molar-refractivity contribution in [2.75, 3.05) is 18.2 Å². The molecule has 5 heteroatoms. The second-order valence-corrected chi connectivity index (χ2v) is 4.43. The standard InChI is InChI=1S/C15H13N3O2/c19-10-9-18(17-20)15-13-7-2-1-5-11(13)12-6-3-4-8-14(12)16-15/h1-8,19H,9-10H2. The van der Waals surface area contributed by atoms with Crippen molar-refractivity contribution in [3.8, 4) is 0 Å². The lowest BCUT2D eigenvalue weighted by Gasteiger charge is -2.16. The third kappa shape index (κ3) is 1.98. The van der Waals surface area contributed by atoms with E-state index in [1.807, 2.05) is 48.5 Å². The van der Waals surface area contributed by atoms with Crippen molar-refractivity contribution in [1.29, 1.82) is 0 Å². The quantitative estimate of drug-likeness (QED) is 0.448. The third-order valence-corrected chi connectivity index (χ3v) is 3.24. The minimum atomic E-state index is -0.158. The highest BCUT2D eigenvalue weighted by atomic mass is 16.3. The summed E-state index contributed by atoms with van der Waals surface area (Å²) in [6.45, 7) is -0.0343. The van der Waals surface area contributed by atoms with Gasteiger partial charge in [-0.25, -0.2) is 9.99 Å². The topological polar surface area (TPSA) is 65.8 Å². The molecular weight excluding hydrogens is 254 g/mol. The lowest BCUT2D eigenvalue weighted by molar-refractivity contribution is 0.302. The highest BCUT2D eigenvalue weighted by Gasteiger charge is 2.14. The van der Waals surface area contributed by atoms with Gasteiger partial charge in [-0.3, -0.25) is 0 Å². The Bertz CT molecular complexity index is 773. The number of aliphatic hydroxyl groups is 1. The Balaban J connectivity index is 2.36. The second kappa shape index (κ2) is 5.22. The van der Waals surface area contributed by atoms with Gasteiger partial charge in [-0.1, -0.05) is 42.5 Å². The molecule has 0 saturated heterocycles. The predicted octanol–water partition coefficient (Wildman–Crippen LogP) is 2.87. The van der Waals surface area contributed by atoms with E-state index in [4.69, 9.17) is 5.11 Å². The minimum Gasteiger partial charge on any atom is -0.394 e. The van der Waals surface area contributed by atoms with Gasteiger partial charge >= 0.3 is 0 Å². The Morgan fingerprint density at radius 2 is 1.65 bits per heavy atom. The molecule has 0 fully saturated rings. The second-order valence-electron chi connectivity index (χ2n) is 4.43. The molecule has 0 aliphatic heterocycles. The Hall–Kier alpha value is -2.53. The summed E-state index contributed by atoms with van der Waals surface area (Å²) in [6.07, 6.45) is 0. The molecule has 0 atom stereocenters. The molecule has 3 rings (SSSR count). The highest BCUT2D eigenvalue weighted by molar-refractivity contribution is 6.10. The van der Waals surface area contributed by atoms with Crippen molar-refractivity contribution in [1.82, 2.24) is 4.98 Å². The van der Waals surface area contributed by atoms with Crippen molar-refractivity contribution < 1.29 is 5.11 Å². The molecule has 0 aliphatic rings. The summed E-state index contributed by atoms with van der Waals surface area (Å²) >= 11 is 0. The van der Waals surface area contributed by atoms with Crippen molar-refractivity contribution >= 4 is 27.5 Å². The van der Waals surface area contributed by atoms with E-state index < -0.39 is 0 Å². The van der Waals surface area contributed by atoms with E-state index >= 15 is 0 Å². The molecular formula is C15H13N3O2. The zero-order valence-corrected chi connectivity index (χ0v) is 10.7. The van der Waals surface area contributed by atoms with E-state index in [1.165, 1.54) is 5.01 Å².